The molecule has 1 aromatic heterocycles. The van der Waals surface area contributed by atoms with Crippen LogP contribution in [-0.2, 0) is 24.7 Å². The van der Waals surface area contributed by atoms with Crippen molar-refractivity contribution in [2.24, 2.45) is 0 Å². The molecule has 3 rings (SSSR count). The van der Waals surface area contributed by atoms with Crippen molar-refractivity contribution >= 4 is 32.3 Å². The van der Waals surface area contributed by atoms with Gasteiger partial charge in [0.1, 0.15) is 5.84 Å². The average molecular weight is 405 g/mol. The highest BCUT2D eigenvalue weighted by atomic mass is 32.3. The molecule has 0 aliphatic carbocycles. The summed E-state index contributed by atoms with van der Waals surface area (Å²) < 4.78 is 61.5. The molecule has 2 aliphatic rings. The largest absolute Gasteiger partial charge is 0.418 e. The maximum Gasteiger partial charge on any atom is 0.418 e. The first-order chi connectivity index (χ1) is 12.1. The van der Waals surface area contributed by atoms with Crippen molar-refractivity contribution < 1.29 is 30.5 Å². The maximum atomic E-state index is 12.3. The lowest BCUT2D eigenvalue weighted by molar-refractivity contribution is -0.0316. The summed E-state index contributed by atoms with van der Waals surface area (Å²) in [5.41, 5.74) is 0. The first-order valence-corrected chi connectivity index (χ1v) is 10.2. The fraction of sp³-hybridized carbons (Fsp3) is 0.417. The smallest absolute Gasteiger partial charge is 0.310 e. The Bertz CT molecular complexity index is 934. The van der Waals surface area contributed by atoms with Gasteiger partial charge in [0.2, 0.25) is 0 Å². The third kappa shape index (κ3) is 3.62. The molecule has 12 nitrogen and oxygen atoms in total. The van der Waals surface area contributed by atoms with Gasteiger partial charge in [-0.05, 0) is 25.0 Å². The molecule has 2 unspecified atom stereocenters. The van der Waals surface area contributed by atoms with Gasteiger partial charge in [0.25, 0.3) is 10.0 Å². The molecule has 0 saturated carbocycles. The Morgan fingerprint density at radius 1 is 1.27 bits per heavy atom. The molecule has 0 radical (unpaired) electrons. The van der Waals surface area contributed by atoms with E-state index in [9.17, 15) is 21.6 Å². The fourth-order valence-electron chi connectivity index (χ4n) is 2.92. The van der Waals surface area contributed by atoms with Crippen LogP contribution in [0, 0.1) is 5.41 Å². The molecule has 0 spiro atoms. The van der Waals surface area contributed by atoms with Gasteiger partial charge in [-0.15, -0.1) is 4.28 Å². The van der Waals surface area contributed by atoms with Crippen LogP contribution in [0.1, 0.15) is 12.8 Å². The first-order valence-electron chi connectivity index (χ1n) is 7.36. The lowest BCUT2D eigenvalue weighted by atomic mass is 10.0. The van der Waals surface area contributed by atoms with E-state index in [0.717, 1.165) is 4.90 Å². The SMILES string of the molecule is N=C(NS(=O)(=O)c1ccncc1)C1CCC2CN1C(=O)N2OS(=O)(=O)O. The second-order valence-electron chi connectivity index (χ2n) is 5.71. The summed E-state index contributed by atoms with van der Waals surface area (Å²) >= 11 is 0. The molecule has 142 valence electrons. The Hall–Kier alpha value is -2.29. The maximum absolute atomic E-state index is 12.3. The minimum Gasteiger partial charge on any atom is -0.310 e. The molecule has 1 aromatic rings. The number of aromatic nitrogens is 1. The van der Waals surface area contributed by atoms with Crippen molar-refractivity contribution in [1.82, 2.24) is 19.7 Å². The Balaban J connectivity index is 1.75. The average Bonchev–Trinajstić information content (AvgIpc) is 2.79. The van der Waals surface area contributed by atoms with Crippen LogP contribution in [0.3, 0.4) is 0 Å². The van der Waals surface area contributed by atoms with Gasteiger partial charge < -0.3 is 4.90 Å². The minimum atomic E-state index is -4.87. The lowest BCUT2D eigenvalue weighted by Gasteiger charge is -2.30. The number of hydrogen-bond donors (Lipinski definition) is 3. The van der Waals surface area contributed by atoms with E-state index in [1.54, 1.807) is 0 Å². The van der Waals surface area contributed by atoms with Gasteiger partial charge in [-0.1, -0.05) is 0 Å². The summed E-state index contributed by atoms with van der Waals surface area (Å²) in [5, 5.41) is 8.58. The highest BCUT2D eigenvalue weighted by Crippen LogP contribution is 2.31. The number of rotatable bonds is 5. The van der Waals surface area contributed by atoms with Gasteiger partial charge in [0.15, 0.2) is 0 Å². The van der Waals surface area contributed by atoms with Crippen LogP contribution in [0.15, 0.2) is 29.4 Å². The first kappa shape index (κ1) is 18.5. The van der Waals surface area contributed by atoms with Crippen LogP contribution in [-0.4, -0.2) is 66.8 Å². The lowest BCUT2D eigenvalue weighted by Crippen LogP contribution is -2.50. The van der Waals surface area contributed by atoms with Crippen molar-refractivity contribution in [2.45, 2.75) is 29.8 Å². The molecule has 3 heterocycles. The predicted molar refractivity (Wildman–Crippen MR) is 85.7 cm³/mol. The standard InChI is InChI=1S/C12H15N5O7S2/c13-11(15-25(19,20)9-3-5-14-6-4-9)10-2-1-8-7-16(10)12(18)17(8)24-26(21,22)23/h3-6,8,10H,1-2,7H2,(H2,13,15)(H,21,22,23). The van der Waals surface area contributed by atoms with Crippen molar-refractivity contribution in [2.75, 3.05) is 6.54 Å². The van der Waals surface area contributed by atoms with Crippen LogP contribution in [0.2, 0.25) is 0 Å². The summed E-state index contributed by atoms with van der Waals surface area (Å²) in [7, 11) is -8.89. The molecule has 2 fully saturated rings. The van der Waals surface area contributed by atoms with E-state index in [1.165, 1.54) is 24.5 Å². The van der Waals surface area contributed by atoms with Gasteiger partial charge in [-0.2, -0.15) is 13.5 Å². The van der Waals surface area contributed by atoms with Crippen LogP contribution < -0.4 is 4.72 Å². The highest BCUT2D eigenvalue weighted by molar-refractivity contribution is 7.90. The van der Waals surface area contributed by atoms with E-state index in [1.807, 2.05) is 0 Å². The summed E-state index contributed by atoms with van der Waals surface area (Å²) in [4.78, 5) is 17.0. The number of amidine groups is 1. The third-order valence-corrected chi connectivity index (χ3v) is 5.77. The van der Waals surface area contributed by atoms with E-state index in [0.29, 0.717) is 5.06 Å². The van der Waals surface area contributed by atoms with E-state index < -0.39 is 44.4 Å². The Kier molecular flexibility index (Phi) is 4.60. The van der Waals surface area contributed by atoms with Crippen LogP contribution >= 0.6 is 0 Å². The second-order valence-corrected chi connectivity index (χ2v) is 8.40. The number of nitrogens with one attached hydrogen (secondary N) is 2. The number of pyridine rings is 1. The van der Waals surface area contributed by atoms with Crippen molar-refractivity contribution in [3.63, 3.8) is 0 Å². The van der Waals surface area contributed by atoms with Crippen LogP contribution in [0.25, 0.3) is 0 Å². The molecule has 2 saturated heterocycles. The minimum absolute atomic E-state index is 0.0401. The molecular weight excluding hydrogens is 390 g/mol. The van der Waals surface area contributed by atoms with Gasteiger partial charge in [-0.3, -0.25) is 19.7 Å². The number of carbonyl (C=O) groups is 1. The van der Waals surface area contributed by atoms with E-state index in [4.69, 9.17) is 9.96 Å². The molecule has 26 heavy (non-hydrogen) atoms. The quantitative estimate of drug-likeness (QED) is 0.329. The number of sulfonamides is 1. The number of fused-ring (bicyclic) bond motifs is 2. The summed E-state index contributed by atoms with van der Waals surface area (Å²) in [5.74, 6) is -0.428. The molecule has 2 bridgehead atoms. The zero-order valence-corrected chi connectivity index (χ0v) is 14.8. The number of piperidine rings is 1. The molecule has 14 heteroatoms. The number of urea groups is 1. The number of hydrogen-bond acceptors (Lipinski definition) is 8. The number of hydroxylamine groups is 2. The fourth-order valence-corrected chi connectivity index (χ4v) is 4.33. The number of amides is 2. The predicted octanol–water partition coefficient (Wildman–Crippen LogP) is -0.660. The van der Waals surface area contributed by atoms with Crippen LogP contribution in [0.4, 0.5) is 4.79 Å². The molecule has 2 aliphatic heterocycles. The molecule has 3 N–H and O–H groups in total. The van der Waals surface area contributed by atoms with Gasteiger partial charge in [0, 0.05) is 18.9 Å². The van der Waals surface area contributed by atoms with Crippen molar-refractivity contribution in [3.8, 4) is 0 Å². The highest BCUT2D eigenvalue weighted by Gasteiger charge is 2.48. The molecular formula is C12H15N5O7S2. The van der Waals surface area contributed by atoms with Gasteiger partial charge in [-0.25, -0.2) is 13.2 Å². The summed E-state index contributed by atoms with van der Waals surface area (Å²) in [6.45, 7) is 0.0401. The second kappa shape index (κ2) is 6.46. The van der Waals surface area contributed by atoms with Crippen LogP contribution in [0.5, 0.6) is 0 Å². The number of nitrogens with zero attached hydrogens (tertiary/aromatic N) is 3. The van der Waals surface area contributed by atoms with Gasteiger partial charge in [0.05, 0.1) is 17.0 Å². The zero-order chi connectivity index (χ0) is 19.1. The normalized spacial score (nSPS) is 23.2. The monoisotopic (exact) mass is 405 g/mol. The Morgan fingerprint density at radius 2 is 1.92 bits per heavy atom. The van der Waals surface area contributed by atoms with Crippen molar-refractivity contribution in [1.29, 1.82) is 5.41 Å². The van der Waals surface area contributed by atoms with E-state index in [-0.39, 0.29) is 24.3 Å². The molecule has 2 amide bonds. The Morgan fingerprint density at radius 3 is 2.54 bits per heavy atom. The Labute approximate surface area is 149 Å². The van der Waals surface area contributed by atoms with E-state index >= 15 is 0 Å². The summed E-state index contributed by atoms with van der Waals surface area (Å²) in [6, 6.07) is 0.128. The molecule has 2 atom stereocenters. The third-order valence-electron chi connectivity index (χ3n) is 4.03. The van der Waals surface area contributed by atoms with E-state index in [2.05, 4.69) is 14.0 Å². The topological polar surface area (TPSA) is 170 Å². The van der Waals surface area contributed by atoms with Crippen molar-refractivity contribution in [3.05, 3.63) is 24.5 Å². The molecule has 0 aromatic carbocycles. The zero-order valence-electron chi connectivity index (χ0n) is 13.1. The van der Waals surface area contributed by atoms with Gasteiger partial charge >= 0.3 is 16.4 Å². The number of carbonyl (C=O) groups excluding carboxylic acids is 1. The summed E-state index contributed by atoms with van der Waals surface area (Å²) in [6.07, 6.45) is 3.07.